The zero-order valence-corrected chi connectivity index (χ0v) is 18.3. The predicted molar refractivity (Wildman–Crippen MR) is 137 cm³/mol. The van der Waals surface area contributed by atoms with Gasteiger partial charge in [-0.15, -0.1) is 0 Å². The summed E-state index contributed by atoms with van der Waals surface area (Å²) in [7, 11) is 0. The minimum atomic E-state index is -0.337. The van der Waals surface area contributed by atoms with Gasteiger partial charge in [-0.25, -0.2) is 0 Å². The van der Waals surface area contributed by atoms with Gasteiger partial charge in [-0.2, -0.15) is 0 Å². The van der Waals surface area contributed by atoms with Crippen LogP contribution in [0.1, 0.15) is 34.7 Å². The van der Waals surface area contributed by atoms with Gasteiger partial charge in [-0.1, -0.05) is 134 Å². The molecule has 5 rings (SSSR count). The predicted octanol–water partition coefficient (Wildman–Crippen LogP) is 8.20. The van der Waals surface area contributed by atoms with Gasteiger partial charge < -0.3 is 0 Å². The van der Waals surface area contributed by atoms with Crippen LogP contribution in [-0.2, 0) is 5.41 Å². The molecule has 0 bridgehead atoms. The van der Waals surface area contributed by atoms with Crippen molar-refractivity contribution < 1.29 is 0 Å². The van der Waals surface area contributed by atoms with E-state index in [1.807, 2.05) is 13.0 Å². The van der Waals surface area contributed by atoms with Gasteiger partial charge in [0.05, 0.1) is 5.41 Å². The standard InChI is InChI=1S/C32H26/c1-3-12-24(13-4-2)25-20-22-27(23-21-25)32(26-14-6-5-7-15-26)30-18-10-8-16-28(30)29-17-9-11-19-31(29)32/h3-23H,1H2,2H3/b13-4-,24-12+. The highest BCUT2D eigenvalue weighted by molar-refractivity contribution is 5.86. The number of benzene rings is 4. The molecular formula is C32H26. The molecule has 32 heavy (non-hydrogen) atoms. The van der Waals surface area contributed by atoms with Crippen LogP contribution in [-0.4, -0.2) is 0 Å². The zero-order valence-electron chi connectivity index (χ0n) is 18.3. The summed E-state index contributed by atoms with van der Waals surface area (Å²) in [5.41, 5.74) is 9.91. The Bertz CT molecular complexity index is 1270. The van der Waals surface area contributed by atoms with Gasteiger partial charge >= 0.3 is 0 Å². The molecule has 0 saturated carbocycles. The average molecular weight is 411 g/mol. The molecule has 4 aromatic rings. The minimum absolute atomic E-state index is 0.337. The Morgan fingerprint density at radius 3 is 1.75 bits per heavy atom. The first kappa shape index (κ1) is 20.0. The van der Waals surface area contributed by atoms with E-state index in [1.54, 1.807) is 0 Å². The molecule has 0 unspecified atom stereocenters. The van der Waals surface area contributed by atoms with Crippen molar-refractivity contribution in [1.82, 2.24) is 0 Å². The molecule has 0 aromatic heterocycles. The fourth-order valence-electron chi connectivity index (χ4n) is 5.18. The molecule has 4 aromatic carbocycles. The molecule has 154 valence electrons. The summed E-state index contributed by atoms with van der Waals surface area (Å²) in [6.45, 7) is 5.92. The van der Waals surface area contributed by atoms with Crippen molar-refractivity contribution in [3.05, 3.63) is 162 Å². The van der Waals surface area contributed by atoms with E-state index in [4.69, 9.17) is 0 Å². The third kappa shape index (κ3) is 2.99. The summed E-state index contributed by atoms with van der Waals surface area (Å²) in [6, 6.07) is 37.7. The third-order valence-corrected chi connectivity index (χ3v) is 6.45. The molecule has 0 atom stereocenters. The Morgan fingerprint density at radius 1 is 0.656 bits per heavy atom. The lowest BCUT2D eigenvalue weighted by atomic mass is 9.67. The fourth-order valence-corrected chi connectivity index (χ4v) is 5.18. The van der Waals surface area contributed by atoms with Crippen molar-refractivity contribution in [3.8, 4) is 11.1 Å². The molecule has 0 nitrogen and oxygen atoms in total. The highest BCUT2D eigenvalue weighted by atomic mass is 14.5. The number of allylic oxidation sites excluding steroid dienone is 5. The van der Waals surface area contributed by atoms with E-state index in [0.29, 0.717) is 0 Å². The van der Waals surface area contributed by atoms with E-state index in [1.165, 1.54) is 38.9 Å². The van der Waals surface area contributed by atoms with Gasteiger partial charge in [0.2, 0.25) is 0 Å². The van der Waals surface area contributed by atoms with Gasteiger partial charge in [-0.05, 0) is 51.4 Å². The van der Waals surface area contributed by atoms with Crippen molar-refractivity contribution >= 4 is 5.57 Å². The van der Waals surface area contributed by atoms with Gasteiger partial charge in [0.15, 0.2) is 0 Å². The quantitative estimate of drug-likeness (QED) is 0.256. The second-order valence-corrected chi connectivity index (χ2v) is 8.14. The summed E-state index contributed by atoms with van der Waals surface area (Å²) in [6.07, 6.45) is 8.10. The van der Waals surface area contributed by atoms with Gasteiger partial charge in [-0.3, -0.25) is 0 Å². The van der Waals surface area contributed by atoms with E-state index in [9.17, 15) is 0 Å². The van der Waals surface area contributed by atoms with Gasteiger partial charge in [0.25, 0.3) is 0 Å². The molecule has 0 fully saturated rings. The lowest BCUT2D eigenvalue weighted by Gasteiger charge is -2.34. The molecule has 0 amide bonds. The van der Waals surface area contributed by atoms with Crippen LogP contribution in [0.4, 0.5) is 0 Å². The highest BCUT2D eigenvalue weighted by Gasteiger charge is 2.45. The summed E-state index contributed by atoms with van der Waals surface area (Å²) in [5.74, 6) is 0. The van der Waals surface area contributed by atoms with E-state index < -0.39 is 0 Å². The Balaban J connectivity index is 1.80. The molecule has 1 aliphatic rings. The molecular weight excluding hydrogens is 384 g/mol. The average Bonchev–Trinajstić information content (AvgIpc) is 3.16. The van der Waals surface area contributed by atoms with Crippen molar-refractivity contribution in [1.29, 1.82) is 0 Å². The lowest BCUT2D eigenvalue weighted by Crippen LogP contribution is -2.28. The van der Waals surface area contributed by atoms with E-state index in [-0.39, 0.29) is 5.41 Å². The molecule has 0 radical (unpaired) electrons. The normalized spacial score (nSPS) is 14.2. The maximum atomic E-state index is 3.88. The topological polar surface area (TPSA) is 0 Å². The molecule has 0 spiro atoms. The summed E-state index contributed by atoms with van der Waals surface area (Å²) >= 11 is 0. The number of rotatable bonds is 5. The van der Waals surface area contributed by atoms with Crippen LogP contribution in [0.5, 0.6) is 0 Å². The monoisotopic (exact) mass is 410 g/mol. The van der Waals surface area contributed by atoms with Crippen molar-refractivity contribution in [2.75, 3.05) is 0 Å². The lowest BCUT2D eigenvalue weighted by molar-refractivity contribution is 0.768. The Morgan fingerprint density at radius 2 is 1.19 bits per heavy atom. The zero-order chi connectivity index (χ0) is 22.0. The molecule has 0 saturated heterocycles. The van der Waals surface area contributed by atoms with Crippen molar-refractivity contribution in [2.45, 2.75) is 12.3 Å². The largest absolute Gasteiger partial charge is 0.0990 e. The van der Waals surface area contributed by atoms with Crippen LogP contribution in [0.15, 0.2) is 134 Å². The molecule has 1 aliphatic carbocycles. The number of fused-ring (bicyclic) bond motifs is 3. The summed E-state index contributed by atoms with van der Waals surface area (Å²) in [4.78, 5) is 0. The van der Waals surface area contributed by atoms with Crippen LogP contribution in [0.3, 0.4) is 0 Å². The second kappa shape index (κ2) is 8.32. The van der Waals surface area contributed by atoms with E-state index in [0.717, 1.165) is 5.57 Å². The van der Waals surface area contributed by atoms with Crippen LogP contribution < -0.4 is 0 Å². The molecule has 0 aliphatic heterocycles. The minimum Gasteiger partial charge on any atom is -0.0990 e. The van der Waals surface area contributed by atoms with Crippen LogP contribution in [0.2, 0.25) is 0 Å². The number of hydrogen-bond acceptors (Lipinski definition) is 0. The first-order valence-electron chi connectivity index (χ1n) is 11.1. The molecule has 0 heteroatoms. The maximum Gasteiger partial charge on any atom is 0.0713 e. The summed E-state index contributed by atoms with van der Waals surface area (Å²) < 4.78 is 0. The first-order valence-corrected chi connectivity index (χ1v) is 11.1. The van der Waals surface area contributed by atoms with Crippen LogP contribution in [0, 0.1) is 0 Å². The molecule has 0 heterocycles. The Kier molecular flexibility index (Phi) is 5.21. The van der Waals surface area contributed by atoms with E-state index in [2.05, 4.69) is 128 Å². The van der Waals surface area contributed by atoms with E-state index >= 15 is 0 Å². The van der Waals surface area contributed by atoms with Crippen LogP contribution >= 0.6 is 0 Å². The van der Waals surface area contributed by atoms with Gasteiger partial charge in [0.1, 0.15) is 0 Å². The fraction of sp³-hybridized carbons (Fsp3) is 0.0625. The number of hydrogen-bond donors (Lipinski definition) is 0. The Labute approximate surface area is 190 Å². The Hall–Kier alpha value is -3.90. The summed E-state index contributed by atoms with van der Waals surface area (Å²) in [5, 5.41) is 0. The second-order valence-electron chi connectivity index (χ2n) is 8.14. The van der Waals surface area contributed by atoms with Gasteiger partial charge in [0, 0.05) is 0 Å². The van der Waals surface area contributed by atoms with Crippen molar-refractivity contribution in [3.63, 3.8) is 0 Å². The van der Waals surface area contributed by atoms with Crippen LogP contribution in [0.25, 0.3) is 16.7 Å². The SMILES string of the molecule is C=C/C=C(\C=C/C)c1ccc(C2(c3ccccc3)c3ccccc3-c3ccccc32)cc1. The first-order chi connectivity index (χ1) is 15.8. The smallest absolute Gasteiger partial charge is 0.0713 e. The highest BCUT2D eigenvalue weighted by Crippen LogP contribution is 2.55. The third-order valence-electron chi connectivity index (χ3n) is 6.45. The molecule has 0 N–H and O–H groups in total. The maximum absolute atomic E-state index is 3.88. The van der Waals surface area contributed by atoms with Crippen molar-refractivity contribution in [2.24, 2.45) is 0 Å².